The van der Waals surface area contributed by atoms with E-state index in [-0.39, 0.29) is 41.3 Å². The first-order valence-electron chi connectivity index (χ1n) is 9.41. The van der Waals surface area contributed by atoms with Crippen molar-refractivity contribution in [3.05, 3.63) is 0 Å². The fourth-order valence-corrected chi connectivity index (χ4v) is 5.68. The molecule has 4 fully saturated rings. The molecule has 23 heavy (non-hydrogen) atoms. The first-order valence-corrected chi connectivity index (χ1v) is 9.41. The smallest absolute Gasteiger partial charge is 0.309 e. The topological polar surface area (TPSA) is 55.4 Å². The Hall–Kier alpha value is -1.06. The summed E-state index contributed by atoms with van der Waals surface area (Å²) in [5.41, 5.74) is 0.256. The van der Waals surface area contributed by atoms with Gasteiger partial charge >= 0.3 is 5.97 Å². The quantitative estimate of drug-likeness (QED) is 0.796. The number of hydrogen-bond acceptors (Lipinski definition) is 3. The van der Waals surface area contributed by atoms with Gasteiger partial charge in [0.15, 0.2) is 0 Å². The summed E-state index contributed by atoms with van der Waals surface area (Å²) in [6, 6.07) is 0.245. The third-order valence-electron chi connectivity index (χ3n) is 7.40. The summed E-state index contributed by atoms with van der Waals surface area (Å²) in [5.74, 6) is 1.67. The molecule has 0 aromatic carbocycles. The number of nitrogens with one attached hydrogen (secondary N) is 1. The average Bonchev–Trinajstić information content (AvgIpc) is 3.30. The Kier molecular flexibility index (Phi) is 3.51. The Bertz CT molecular complexity index is 529. The molecule has 0 radical (unpaired) electrons. The van der Waals surface area contributed by atoms with E-state index in [1.54, 1.807) is 0 Å². The lowest BCUT2D eigenvalue weighted by atomic mass is 9.52. The minimum Gasteiger partial charge on any atom is -0.462 e. The van der Waals surface area contributed by atoms with Crippen molar-refractivity contribution >= 4 is 11.9 Å². The number of carbonyl (C=O) groups excluding carboxylic acids is 2. The predicted octanol–water partition coefficient (Wildman–Crippen LogP) is 2.91. The second-order valence-electron chi connectivity index (χ2n) is 8.86. The maximum atomic E-state index is 12.2. The lowest BCUT2D eigenvalue weighted by Crippen LogP contribution is -2.57. The van der Waals surface area contributed by atoms with Crippen molar-refractivity contribution in [1.29, 1.82) is 0 Å². The van der Waals surface area contributed by atoms with Crippen LogP contribution in [0.2, 0.25) is 0 Å². The summed E-state index contributed by atoms with van der Waals surface area (Å²) in [5, 5.41) is 3.30. The molecule has 0 bridgehead atoms. The van der Waals surface area contributed by atoms with Gasteiger partial charge in [0, 0.05) is 23.8 Å². The summed E-state index contributed by atoms with van der Waals surface area (Å²) in [6.07, 6.45) is 6.65. The molecule has 4 aliphatic rings. The van der Waals surface area contributed by atoms with Crippen molar-refractivity contribution in [3.8, 4) is 0 Å². The van der Waals surface area contributed by atoms with Gasteiger partial charge < -0.3 is 10.1 Å². The summed E-state index contributed by atoms with van der Waals surface area (Å²) >= 11 is 0. The minimum atomic E-state index is -0.0133. The van der Waals surface area contributed by atoms with Crippen LogP contribution in [0.25, 0.3) is 0 Å². The predicted molar refractivity (Wildman–Crippen MR) is 86.4 cm³/mol. The van der Waals surface area contributed by atoms with Gasteiger partial charge in [-0.3, -0.25) is 9.59 Å². The third-order valence-corrected chi connectivity index (χ3v) is 7.40. The van der Waals surface area contributed by atoms with Crippen LogP contribution in [0, 0.1) is 35.0 Å². The van der Waals surface area contributed by atoms with Gasteiger partial charge in [-0.2, -0.15) is 0 Å². The largest absolute Gasteiger partial charge is 0.462 e. The standard InChI is InChI=1S/C19H29NO3/c1-10-13-6-8-19(3)9-7-14(20-17(21)12-4-5-12)11(2)15(19)16(13)23-18(10)22/h10-16H,4-9H2,1-3H3,(H,20,21)/t10-,11+,13-,14-,15+,16-,19-/m0/s1. The molecule has 4 rings (SSSR count). The van der Waals surface area contributed by atoms with E-state index < -0.39 is 0 Å². The number of ether oxygens (including phenoxy) is 1. The maximum Gasteiger partial charge on any atom is 0.309 e. The molecule has 1 aliphatic heterocycles. The van der Waals surface area contributed by atoms with Crippen LogP contribution in [0.5, 0.6) is 0 Å². The normalized spacial score (nSPS) is 49.1. The Labute approximate surface area is 138 Å². The fourth-order valence-electron chi connectivity index (χ4n) is 5.68. The van der Waals surface area contributed by atoms with E-state index in [2.05, 4.69) is 19.2 Å². The van der Waals surface area contributed by atoms with Crippen molar-refractivity contribution < 1.29 is 14.3 Å². The van der Waals surface area contributed by atoms with E-state index >= 15 is 0 Å². The first kappa shape index (κ1) is 15.5. The zero-order valence-electron chi connectivity index (χ0n) is 14.5. The van der Waals surface area contributed by atoms with Gasteiger partial charge in [0.2, 0.25) is 5.91 Å². The summed E-state index contributed by atoms with van der Waals surface area (Å²) in [6.45, 7) is 6.66. The molecule has 0 aromatic heterocycles. The molecule has 7 atom stereocenters. The van der Waals surface area contributed by atoms with Gasteiger partial charge in [0.05, 0.1) is 5.92 Å². The van der Waals surface area contributed by atoms with E-state index in [1.807, 2.05) is 6.92 Å². The third kappa shape index (κ3) is 2.40. The van der Waals surface area contributed by atoms with Crippen molar-refractivity contribution in [2.24, 2.45) is 35.0 Å². The van der Waals surface area contributed by atoms with Gasteiger partial charge in [-0.1, -0.05) is 20.8 Å². The van der Waals surface area contributed by atoms with Gasteiger partial charge in [0.25, 0.3) is 0 Å². The molecule has 1 saturated heterocycles. The van der Waals surface area contributed by atoms with Crippen LogP contribution in [0.1, 0.15) is 59.3 Å². The number of fused-ring (bicyclic) bond motifs is 3. The number of esters is 1. The highest BCUT2D eigenvalue weighted by molar-refractivity contribution is 5.81. The van der Waals surface area contributed by atoms with E-state index in [9.17, 15) is 9.59 Å². The molecule has 0 aromatic rings. The average molecular weight is 319 g/mol. The molecular weight excluding hydrogens is 290 g/mol. The van der Waals surface area contributed by atoms with E-state index in [0.717, 1.165) is 32.1 Å². The molecule has 3 saturated carbocycles. The fraction of sp³-hybridized carbons (Fsp3) is 0.895. The molecule has 1 N–H and O–H groups in total. The van der Waals surface area contributed by atoms with Crippen LogP contribution < -0.4 is 5.32 Å². The van der Waals surface area contributed by atoms with Crippen LogP contribution in [-0.4, -0.2) is 24.0 Å². The van der Waals surface area contributed by atoms with Crippen molar-refractivity contribution in [3.63, 3.8) is 0 Å². The van der Waals surface area contributed by atoms with Crippen LogP contribution in [0.4, 0.5) is 0 Å². The highest BCUT2D eigenvalue weighted by Gasteiger charge is 2.58. The Morgan fingerprint density at radius 2 is 1.87 bits per heavy atom. The van der Waals surface area contributed by atoms with Crippen molar-refractivity contribution in [1.82, 2.24) is 5.32 Å². The van der Waals surface area contributed by atoms with Crippen molar-refractivity contribution in [2.75, 3.05) is 0 Å². The molecule has 128 valence electrons. The van der Waals surface area contributed by atoms with Gasteiger partial charge in [-0.15, -0.1) is 0 Å². The van der Waals surface area contributed by atoms with E-state index in [0.29, 0.717) is 17.8 Å². The Balaban J connectivity index is 1.55. The minimum absolute atomic E-state index is 0.0133. The zero-order valence-corrected chi connectivity index (χ0v) is 14.5. The molecule has 1 amide bonds. The van der Waals surface area contributed by atoms with Gasteiger partial charge in [0.1, 0.15) is 6.10 Å². The molecule has 1 heterocycles. The summed E-state index contributed by atoms with van der Waals surface area (Å²) in [4.78, 5) is 24.3. The Morgan fingerprint density at radius 3 is 2.57 bits per heavy atom. The van der Waals surface area contributed by atoms with Crippen LogP contribution in [-0.2, 0) is 14.3 Å². The van der Waals surface area contributed by atoms with Crippen LogP contribution in [0.15, 0.2) is 0 Å². The number of amides is 1. The maximum absolute atomic E-state index is 12.2. The molecule has 0 spiro atoms. The number of rotatable bonds is 2. The monoisotopic (exact) mass is 319 g/mol. The molecule has 0 unspecified atom stereocenters. The van der Waals surface area contributed by atoms with Crippen molar-refractivity contribution in [2.45, 2.75) is 71.4 Å². The van der Waals surface area contributed by atoms with E-state index in [1.165, 1.54) is 6.42 Å². The highest BCUT2D eigenvalue weighted by atomic mass is 16.6. The number of hydrogen-bond donors (Lipinski definition) is 1. The highest BCUT2D eigenvalue weighted by Crippen LogP contribution is 2.57. The zero-order chi connectivity index (χ0) is 16.4. The SMILES string of the molecule is C[C@H]1[C@@H]2[C@H]3OC(=O)[C@@H](C)[C@@H]3CC[C@@]2(C)CC[C@@H]1NC(=O)C1CC1. The molecule has 3 aliphatic carbocycles. The van der Waals surface area contributed by atoms with Gasteiger partial charge in [-0.05, 0) is 49.9 Å². The molecule has 4 heteroatoms. The second-order valence-corrected chi connectivity index (χ2v) is 8.86. The Morgan fingerprint density at radius 1 is 1.17 bits per heavy atom. The lowest BCUT2D eigenvalue weighted by molar-refractivity contribution is -0.154. The number of carbonyl (C=O) groups is 2. The molecular formula is C19H29NO3. The summed E-state index contributed by atoms with van der Waals surface area (Å²) in [7, 11) is 0. The van der Waals surface area contributed by atoms with Crippen LogP contribution >= 0.6 is 0 Å². The summed E-state index contributed by atoms with van der Waals surface area (Å²) < 4.78 is 5.84. The first-order chi connectivity index (χ1) is 10.9. The van der Waals surface area contributed by atoms with Gasteiger partial charge in [-0.25, -0.2) is 0 Å². The lowest BCUT2D eigenvalue weighted by Gasteiger charge is -2.54. The molecule has 4 nitrogen and oxygen atoms in total. The van der Waals surface area contributed by atoms with E-state index in [4.69, 9.17) is 4.74 Å². The second kappa shape index (κ2) is 5.22. The van der Waals surface area contributed by atoms with Crippen LogP contribution in [0.3, 0.4) is 0 Å².